The third-order valence-electron chi connectivity index (χ3n) is 3.51. The second-order valence-corrected chi connectivity index (χ2v) is 4.46. The van der Waals surface area contributed by atoms with Gasteiger partial charge in [0, 0.05) is 11.8 Å². The molecule has 0 bridgehead atoms. The van der Waals surface area contributed by atoms with Crippen molar-refractivity contribution in [3.63, 3.8) is 0 Å². The summed E-state index contributed by atoms with van der Waals surface area (Å²) in [6.45, 7) is 2.20. The fraction of sp³-hybridized carbons (Fsp3) is 0.615. The summed E-state index contributed by atoms with van der Waals surface area (Å²) >= 11 is 0. The van der Waals surface area contributed by atoms with Crippen LogP contribution in [0.2, 0.25) is 0 Å². The maximum atomic E-state index is 6.02. The number of nitrogens with two attached hydrogens (primary N) is 1. The van der Waals surface area contributed by atoms with Gasteiger partial charge in [-0.2, -0.15) is 0 Å². The Hall–Kier alpha value is -1.05. The van der Waals surface area contributed by atoms with Crippen LogP contribution in [0.5, 0.6) is 0 Å². The van der Waals surface area contributed by atoms with Gasteiger partial charge in [0.1, 0.15) is 5.82 Å². The number of pyridine rings is 1. The quantitative estimate of drug-likeness (QED) is 0.803. The number of hydrogen-bond acceptors (Lipinski definition) is 2. The highest BCUT2D eigenvalue weighted by Gasteiger charge is 2.20. The number of aromatic nitrogens is 1. The van der Waals surface area contributed by atoms with Crippen molar-refractivity contribution in [3.8, 4) is 0 Å². The molecule has 1 heterocycles. The molecule has 1 aliphatic carbocycles. The van der Waals surface area contributed by atoms with E-state index in [1.54, 1.807) is 0 Å². The monoisotopic (exact) mass is 204 g/mol. The van der Waals surface area contributed by atoms with Crippen LogP contribution in [0.3, 0.4) is 0 Å². The summed E-state index contributed by atoms with van der Waals surface area (Å²) in [6.07, 6.45) is 9.58. The molecule has 1 aliphatic rings. The second-order valence-electron chi connectivity index (χ2n) is 4.46. The number of nitrogen functional groups attached to an aromatic ring is 1. The lowest BCUT2D eigenvalue weighted by Crippen LogP contribution is -2.11. The Bertz CT molecular complexity index is 327. The topological polar surface area (TPSA) is 38.9 Å². The molecule has 1 fully saturated rings. The Labute approximate surface area is 91.9 Å². The summed E-state index contributed by atoms with van der Waals surface area (Å²) in [5.74, 6) is 1.43. The highest BCUT2D eigenvalue weighted by molar-refractivity contribution is 5.47. The zero-order chi connectivity index (χ0) is 10.7. The summed E-state index contributed by atoms with van der Waals surface area (Å²) in [5.41, 5.74) is 8.76. The number of aryl methyl sites for hydroxylation is 1. The van der Waals surface area contributed by atoms with Gasteiger partial charge in [0.15, 0.2) is 0 Å². The van der Waals surface area contributed by atoms with Crippen LogP contribution in [0.15, 0.2) is 12.3 Å². The maximum Gasteiger partial charge on any atom is 0.127 e. The van der Waals surface area contributed by atoms with E-state index in [-0.39, 0.29) is 0 Å². The van der Waals surface area contributed by atoms with Crippen LogP contribution in [0.1, 0.15) is 56.1 Å². The first kappa shape index (κ1) is 10.5. The van der Waals surface area contributed by atoms with Crippen LogP contribution in [-0.4, -0.2) is 4.98 Å². The molecule has 0 saturated heterocycles. The van der Waals surface area contributed by atoms with E-state index in [1.165, 1.54) is 43.2 Å². The molecule has 0 unspecified atom stereocenters. The van der Waals surface area contributed by atoms with Gasteiger partial charge in [-0.25, -0.2) is 4.98 Å². The molecular weight excluding hydrogens is 184 g/mol. The minimum atomic E-state index is 0.669. The zero-order valence-corrected chi connectivity index (χ0v) is 9.50. The Morgan fingerprint density at radius 1 is 1.33 bits per heavy atom. The lowest BCUT2D eigenvalue weighted by Gasteiger charge is -2.24. The van der Waals surface area contributed by atoms with Gasteiger partial charge < -0.3 is 5.73 Å². The first-order valence-electron chi connectivity index (χ1n) is 6.06. The van der Waals surface area contributed by atoms with E-state index in [2.05, 4.69) is 18.0 Å². The molecule has 82 valence electrons. The van der Waals surface area contributed by atoms with E-state index < -0.39 is 0 Å². The number of anilines is 1. The first-order chi connectivity index (χ1) is 7.33. The lowest BCUT2D eigenvalue weighted by atomic mass is 9.82. The molecule has 0 atom stereocenters. The molecule has 2 N–H and O–H groups in total. The van der Waals surface area contributed by atoms with Gasteiger partial charge in [0.2, 0.25) is 0 Å². The molecule has 1 aromatic rings. The van der Waals surface area contributed by atoms with Gasteiger partial charge in [0.05, 0.1) is 0 Å². The van der Waals surface area contributed by atoms with Crippen molar-refractivity contribution in [3.05, 3.63) is 23.4 Å². The standard InChI is InChI=1S/C13H20N2/c1-2-10-8-9-15-13(14)12(10)11-6-4-3-5-7-11/h8-9,11H,2-7H2,1H3,(H2,14,15). The van der Waals surface area contributed by atoms with E-state index in [1.807, 2.05) is 6.20 Å². The molecule has 0 spiro atoms. The largest absolute Gasteiger partial charge is 0.383 e. The van der Waals surface area contributed by atoms with E-state index >= 15 is 0 Å². The van der Waals surface area contributed by atoms with Gasteiger partial charge >= 0.3 is 0 Å². The lowest BCUT2D eigenvalue weighted by molar-refractivity contribution is 0.442. The fourth-order valence-electron chi connectivity index (χ4n) is 2.70. The molecule has 2 nitrogen and oxygen atoms in total. The molecule has 1 aromatic heterocycles. The van der Waals surface area contributed by atoms with Crippen LogP contribution < -0.4 is 5.73 Å². The molecule has 1 saturated carbocycles. The minimum absolute atomic E-state index is 0.669. The zero-order valence-electron chi connectivity index (χ0n) is 9.50. The van der Waals surface area contributed by atoms with Gasteiger partial charge in [-0.3, -0.25) is 0 Å². The summed E-state index contributed by atoms with van der Waals surface area (Å²) in [6, 6.07) is 2.13. The molecule has 2 heteroatoms. The highest BCUT2D eigenvalue weighted by atomic mass is 14.8. The van der Waals surface area contributed by atoms with Crippen molar-refractivity contribution >= 4 is 5.82 Å². The summed E-state index contributed by atoms with van der Waals surface area (Å²) in [5, 5.41) is 0. The van der Waals surface area contributed by atoms with Crippen molar-refractivity contribution in [1.29, 1.82) is 0 Å². The minimum Gasteiger partial charge on any atom is -0.383 e. The molecule has 2 rings (SSSR count). The van der Waals surface area contributed by atoms with Crippen LogP contribution in [0.25, 0.3) is 0 Å². The molecule has 0 aromatic carbocycles. The van der Waals surface area contributed by atoms with Gasteiger partial charge in [-0.15, -0.1) is 0 Å². The van der Waals surface area contributed by atoms with Crippen LogP contribution in [-0.2, 0) is 6.42 Å². The Balaban J connectivity index is 2.31. The Morgan fingerprint density at radius 2 is 2.07 bits per heavy atom. The van der Waals surface area contributed by atoms with Gasteiger partial charge in [-0.1, -0.05) is 26.2 Å². The average molecular weight is 204 g/mol. The van der Waals surface area contributed by atoms with Gasteiger partial charge in [0.25, 0.3) is 0 Å². The molecule has 0 radical (unpaired) electrons. The second kappa shape index (κ2) is 4.65. The predicted octanol–water partition coefficient (Wildman–Crippen LogP) is 3.27. The maximum absolute atomic E-state index is 6.02. The summed E-state index contributed by atoms with van der Waals surface area (Å²) in [4.78, 5) is 4.24. The van der Waals surface area contributed by atoms with E-state index in [9.17, 15) is 0 Å². The van der Waals surface area contributed by atoms with E-state index in [0.717, 1.165) is 12.2 Å². The molecule has 0 amide bonds. The SMILES string of the molecule is CCc1ccnc(N)c1C1CCCCC1. The number of hydrogen-bond donors (Lipinski definition) is 1. The van der Waals surface area contributed by atoms with Crippen LogP contribution >= 0.6 is 0 Å². The van der Waals surface area contributed by atoms with Crippen molar-refractivity contribution in [2.45, 2.75) is 51.4 Å². The van der Waals surface area contributed by atoms with E-state index in [4.69, 9.17) is 5.73 Å². The smallest absolute Gasteiger partial charge is 0.127 e. The average Bonchev–Trinajstić information content (AvgIpc) is 2.29. The third-order valence-corrected chi connectivity index (χ3v) is 3.51. The number of rotatable bonds is 2. The highest BCUT2D eigenvalue weighted by Crippen LogP contribution is 2.36. The molecule has 15 heavy (non-hydrogen) atoms. The Morgan fingerprint density at radius 3 is 2.73 bits per heavy atom. The van der Waals surface area contributed by atoms with Crippen molar-refractivity contribution in [2.24, 2.45) is 0 Å². The Kier molecular flexibility index (Phi) is 3.24. The van der Waals surface area contributed by atoms with Gasteiger partial charge in [-0.05, 0) is 36.8 Å². The van der Waals surface area contributed by atoms with Crippen molar-refractivity contribution < 1.29 is 0 Å². The summed E-state index contributed by atoms with van der Waals surface area (Å²) < 4.78 is 0. The van der Waals surface area contributed by atoms with Crippen LogP contribution in [0.4, 0.5) is 5.82 Å². The first-order valence-corrected chi connectivity index (χ1v) is 6.06. The number of nitrogens with zero attached hydrogens (tertiary/aromatic N) is 1. The normalized spacial score (nSPS) is 17.9. The van der Waals surface area contributed by atoms with Crippen LogP contribution in [0, 0.1) is 0 Å². The van der Waals surface area contributed by atoms with E-state index in [0.29, 0.717) is 5.92 Å². The fourth-order valence-corrected chi connectivity index (χ4v) is 2.70. The van der Waals surface area contributed by atoms with Crippen molar-refractivity contribution in [1.82, 2.24) is 4.98 Å². The van der Waals surface area contributed by atoms with Crippen molar-refractivity contribution in [2.75, 3.05) is 5.73 Å². The molecule has 0 aliphatic heterocycles. The predicted molar refractivity (Wildman–Crippen MR) is 63.9 cm³/mol. The molecular formula is C13H20N2. The third kappa shape index (κ3) is 2.14. The summed E-state index contributed by atoms with van der Waals surface area (Å²) in [7, 11) is 0.